The van der Waals surface area contributed by atoms with Gasteiger partial charge in [0.25, 0.3) is 5.91 Å². The van der Waals surface area contributed by atoms with Crippen molar-refractivity contribution in [3.05, 3.63) is 28.7 Å². The van der Waals surface area contributed by atoms with E-state index in [-0.39, 0.29) is 5.69 Å². The second kappa shape index (κ2) is 4.34. The summed E-state index contributed by atoms with van der Waals surface area (Å²) in [5.74, 6) is -2.25. The van der Waals surface area contributed by atoms with Crippen LogP contribution in [0.15, 0.2) is 23.0 Å². The van der Waals surface area contributed by atoms with E-state index in [1.165, 1.54) is 12.1 Å². The predicted octanol–water partition coefficient (Wildman–Crippen LogP) is -0.793. The molecule has 0 spiro atoms. The van der Waals surface area contributed by atoms with Crippen molar-refractivity contribution in [2.24, 2.45) is 5.73 Å². The molecule has 0 aliphatic carbocycles. The normalized spacial score (nSPS) is 12.3. The Bertz CT molecular complexity index is 672. The van der Waals surface area contributed by atoms with Crippen LogP contribution in [0.1, 0.15) is 0 Å². The molecule has 6 N–H and O–H groups in total. The monoisotopic (exact) mass is 250 g/mol. The highest BCUT2D eigenvalue weighted by Gasteiger charge is 2.21. The molecule has 0 fully saturated rings. The van der Waals surface area contributed by atoms with Crippen LogP contribution >= 0.6 is 0 Å². The van der Waals surface area contributed by atoms with Gasteiger partial charge in [-0.15, -0.1) is 0 Å². The summed E-state index contributed by atoms with van der Waals surface area (Å²) >= 11 is 0. The highest BCUT2D eigenvalue weighted by molar-refractivity contribution is 6.07. The molecule has 0 radical (unpaired) electrons. The average Bonchev–Trinajstić information content (AvgIpc) is 2.67. The van der Waals surface area contributed by atoms with Crippen molar-refractivity contribution in [2.75, 3.05) is 5.32 Å². The number of carbonyl (C=O) groups excluding carboxylic acids is 1. The number of carbonyl (C=O) groups is 2. The summed E-state index contributed by atoms with van der Waals surface area (Å²) in [5, 5.41) is 10.9. The number of rotatable bonds is 3. The molecule has 1 atom stereocenters. The Hall–Kier alpha value is -2.61. The van der Waals surface area contributed by atoms with Gasteiger partial charge in [0.05, 0.1) is 11.0 Å². The SMILES string of the molecule is NC(C(=O)O)C(=O)Nc1ccc2[nH]c(=O)[nH]c2c1. The molecule has 8 heteroatoms. The van der Waals surface area contributed by atoms with Gasteiger partial charge in [0.1, 0.15) is 0 Å². The number of benzene rings is 1. The van der Waals surface area contributed by atoms with Gasteiger partial charge >= 0.3 is 11.7 Å². The maximum absolute atomic E-state index is 11.4. The molecule has 1 aromatic carbocycles. The Morgan fingerprint density at radius 2 is 1.94 bits per heavy atom. The number of carboxylic acids is 1. The van der Waals surface area contributed by atoms with E-state index in [1.54, 1.807) is 6.07 Å². The number of nitrogens with two attached hydrogens (primary N) is 1. The van der Waals surface area contributed by atoms with Crippen molar-refractivity contribution in [3.63, 3.8) is 0 Å². The van der Waals surface area contributed by atoms with Gasteiger partial charge in [-0.2, -0.15) is 0 Å². The van der Waals surface area contributed by atoms with Gasteiger partial charge in [-0.3, -0.25) is 4.79 Å². The van der Waals surface area contributed by atoms with Crippen LogP contribution in [0.3, 0.4) is 0 Å². The minimum Gasteiger partial charge on any atom is -0.480 e. The molecule has 18 heavy (non-hydrogen) atoms. The van der Waals surface area contributed by atoms with Gasteiger partial charge in [-0.25, -0.2) is 9.59 Å². The number of carboxylic acid groups (broad SMARTS) is 1. The summed E-state index contributed by atoms with van der Waals surface area (Å²) in [7, 11) is 0. The molecule has 1 unspecified atom stereocenters. The smallest absolute Gasteiger partial charge is 0.330 e. The van der Waals surface area contributed by atoms with Crippen LogP contribution in [-0.2, 0) is 9.59 Å². The summed E-state index contributed by atoms with van der Waals surface area (Å²) in [6.07, 6.45) is 0. The van der Waals surface area contributed by atoms with E-state index in [0.29, 0.717) is 16.7 Å². The number of hydrogen-bond donors (Lipinski definition) is 5. The minimum atomic E-state index is -1.63. The molecule has 0 aliphatic rings. The maximum Gasteiger partial charge on any atom is 0.330 e. The lowest BCUT2D eigenvalue weighted by molar-refractivity contribution is -0.141. The van der Waals surface area contributed by atoms with Gasteiger partial charge < -0.3 is 26.1 Å². The Morgan fingerprint density at radius 1 is 1.28 bits per heavy atom. The third-order valence-corrected chi connectivity index (χ3v) is 2.33. The molecule has 0 aliphatic heterocycles. The van der Waals surface area contributed by atoms with E-state index >= 15 is 0 Å². The van der Waals surface area contributed by atoms with Crippen LogP contribution < -0.4 is 16.7 Å². The minimum absolute atomic E-state index is 0.347. The zero-order valence-corrected chi connectivity index (χ0v) is 9.06. The molecule has 1 amide bonds. The number of aromatic amines is 2. The molecule has 0 bridgehead atoms. The number of fused-ring (bicyclic) bond motifs is 1. The first-order valence-corrected chi connectivity index (χ1v) is 4.98. The van der Waals surface area contributed by atoms with E-state index in [1.807, 2.05) is 0 Å². The van der Waals surface area contributed by atoms with Crippen molar-refractivity contribution < 1.29 is 14.7 Å². The second-order valence-electron chi connectivity index (χ2n) is 3.64. The Labute approximate surface area is 99.8 Å². The van der Waals surface area contributed by atoms with Crippen molar-refractivity contribution in [1.29, 1.82) is 0 Å². The summed E-state index contributed by atoms with van der Waals surface area (Å²) < 4.78 is 0. The van der Waals surface area contributed by atoms with Gasteiger partial charge in [0, 0.05) is 5.69 Å². The van der Waals surface area contributed by atoms with Crippen molar-refractivity contribution in [2.45, 2.75) is 6.04 Å². The third kappa shape index (κ3) is 2.23. The van der Waals surface area contributed by atoms with E-state index in [4.69, 9.17) is 10.8 Å². The summed E-state index contributed by atoms with van der Waals surface area (Å²) in [4.78, 5) is 38.0. The molecular weight excluding hydrogens is 240 g/mol. The number of amides is 1. The first-order valence-electron chi connectivity index (χ1n) is 4.98. The van der Waals surface area contributed by atoms with Crippen LogP contribution in [0, 0.1) is 0 Å². The van der Waals surface area contributed by atoms with Crippen LogP contribution in [-0.4, -0.2) is 33.0 Å². The number of anilines is 1. The molecule has 1 aromatic heterocycles. The molecule has 1 heterocycles. The van der Waals surface area contributed by atoms with Gasteiger partial charge in [0.2, 0.25) is 0 Å². The maximum atomic E-state index is 11.4. The largest absolute Gasteiger partial charge is 0.480 e. The molecule has 2 rings (SSSR count). The van der Waals surface area contributed by atoms with Gasteiger partial charge in [-0.1, -0.05) is 0 Å². The topological polar surface area (TPSA) is 141 Å². The number of aliphatic carboxylic acids is 1. The van der Waals surface area contributed by atoms with Crippen LogP contribution in [0.2, 0.25) is 0 Å². The number of H-pyrrole nitrogens is 2. The molecule has 0 saturated heterocycles. The lowest BCUT2D eigenvalue weighted by Gasteiger charge is -2.08. The Morgan fingerprint density at radius 3 is 2.61 bits per heavy atom. The van der Waals surface area contributed by atoms with E-state index < -0.39 is 17.9 Å². The standard InChI is InChI=1S/C10H10N4O4/c11-7(9(16)17)8(15)12-4-1-2-5-6(3-4)14-10(18)13-5/h1-3,7H,11H2,(H,12,15)(H,16,17)(H2,13,14,18). The third-order valence-electron chi connectivity index (χ3n) is 2.33. The van der Waals surface area contributed by atoms with E-state index in [9.17, 15) is 14.4 Å². The van der Waals surface area contributed by atoms with Gasteiger partial charge in [-0.05, 0) is 18.2 Å². The number of nitrogens with one attached hydrogen (secondary N) is 3. The van der Waals surface area contributed by atoms with Crippen molar-refractivity contribution in [1.82, 2.24) is 9.97 Å². The lowest BCUT2D eigenvalue weighted by Crippen LogP contribution is -2.42. The molecule has 2 aromatic rings. The highest BCUT2D eigenvalue weighted by atomic mass is 16.4. The highest BCUT2D eigenvalue weighted by Crippen LogP contribution is 2.14. The van der Waals surface area contributed by atoms with Crippen molar-refractivity contribution in [3.8, 4) is 0 Å². The summed E-state index contributed by atoms with van der Waals surface area (Å²) in [6, 6.07) is 2.97. The quantitative estimate of drug-likeness (QED) is 0.454. The zero-order chi connectivity index (χ0) is 13.3. The number of hydrogen-bond acceptors (Lipinski definition) is 4. The average molecular weight is 250 g/mol. The fraction of sp³-hybridized carbons (Fsp3) is 0.100. The fourth-order valence-electron chi connectivity index (χ4n) is 1.44. The molecule has 94 valence electrons. The zero-order valence-electron chi connectivity index (χ0n) is 9.06. The van der Waals surface area contributed by atoms with Crippen molar-refractivity contribution >= 4 is 28.6 Å². The first-order chi connectivity index (χ1) is 8.47. The van der Waals surface area contributed by atoms with Gasteiger partial charge in [0.15, 0.2) is 6.04 Å². The van der Waals surface area contributed by atoms with Crippen LogP contribution in [0.5, 0.6) is 0 Å². The van der Waals surface area contributed by atoms with E-state index in [2.05, 4.69) is 15.3 Å². The van der Waals surface area contributed by atoms with Crippen LogP contribution in [0.25, 0.3) is 11.0 Å². The number of aromatic nitrogens is 2. The molecule has 8 nitrogen and oxygen atoms in total. The first kappa shape index (κ1) is 11.9. The lowest BCUT2D eigenvalue weighted by atomic mass is 10.2. The Kier molecular flexibility index (Phi) is 2.86. The van der Waals surface area contributed by atoms with E-state index in [0.717, 1.165) is 0 Å². The predicted molar refractivity (Wildman–Crippen MR) is 63.2 cm³/mol. The Balaban J connectivity index is 2.24. The number of imidazole rings is 1. The molecule has 0 saturated carbocycles. The summed E-state index contributed by atoms with van der Waals surface area (Å²) in [6.45, 7) is 0. The van der Waals surface area contributed by atoms with Crippen LogP contribution in [0.4, 0.5) is 5.69 Å². The fourth-order valence-corrected chi connectivity index (χ4v) is 1.44. The molecular formula is C10H10N4O4. The second-order valence-corrected chi connectivity index (χ2v) is 3.64. The summed E-state index contributed by atoms with van der Waals surface area (Å²) in [5.41, 5.74) is 6.22.